The highest BCUT2D eigenvalue weighted by molar-refractivity contribution is 5.45. The first-order valence-electron chi connectivity index (χ1n) is 6.51. The third kappa shape index (κ3) is 2.06. The third-order valence-corrected chi connectivity index (χ3v) is 3.71. The molecule has 18 heavy (non-hydrogen) atoms. The van der Waals surface area contributed by atoms with Gasteiger partial charge in [-0.2, -0.15) is 0 Å². The predicted octanol–water partition coefficient (Wildman–Crippen LogP) is 0.873. The van der Waals surface area contributed by atoms with Crippen molar-refractivity contribution >= 4 is 5.65 Å². The topological polar surface area (TPSA) is 62.2 Å². The number of rotatable bonds is 3. The van der Waals surface area contributed by atoms with Gasteiger partial charge in [0.2, 0.25) is 0 Å². The lowest BCUT2D eigenvalue weighted by atomic mass is 10.0. The van der Waals surface area contributed by atoms with E-state index in [4.69, 9.17) is 0 Å². The fourth-order valence-corrected chi connectivity index (χ4v) is 2.59. The molecule has 1 aliphatic heterocycles. The third-order valence-electron chi connectivity index (χ3n) is 3.71. The van der Waals surface area contributed by atoms with E-state index in [2.05, 4.69) is 15.4 Å². The molecule has 0 radical (unpaired) electrons. The Kier molecular flexibility index (Phi) is 2.91. The lowest BCUT2D eigenvalue weighted by Gasteiger charge is -2.07. The van der Waals surface area contributed by atoms with Gasteiger partial charge < -0.3 is 5.32 Å². The molecule has 5 nitrogen and oxygen atoms in total. The molecule has 0 aliphatic carbocycles. The van der Waals surface area contributed by atoms with Crippen LogP contribution in [0.15, 0.2) is 17.1 Å². The Morgan fingerprint density at radius 2 is 2.44 bits per heavy atom. The van der Waals surface area contributed by atoms with Crippen molar-refractivity contribution in [3.8, 4) is 0 Å². The lowest BCUT2D eigenvalue weighted by molar-refractivity contribution is 0.529. The Labute approximate surface area is 105 Å². The number of nitrogens with zero attached hydrogens (tertiary/aromatic N) is 2. The zero-order valence-electron chi connectivity index (χ0n) is 10.6. The summed E-state index contributed by atoms with van der Waals surface area (Å²) in [6.45, 7) is 4.18. The average molecular weight is 246 g/mol. The Balaban J connectivity index is 1.83. The van der Waals surface area contributed by atoms with E-state index in [9.17, 15) is 4.79 Å². The van der Waals surface area contributed by atoms with Crippen molar-refractivity contribution < 1.29 is 0 Å². The molecule has 96 valence electrons. The number of fused-ring (bicyclic) bond motifs is 1. The van der Waals surface area contributed by atoms with Crippen LogP contribution in [-0.4, -0.2) is 27.7 Å². The van der Waals surface area contributed by atoms with Crippen molar-refractivity contribution in [2.75, 3.05) is 13.1 Å². The van der Waals surface area contributed by atoms with Crippen LogP contribution in [0, 0.1) is 12.8 Å². The van der Waals surface area contributed by atoms with Gasteiger partial charge in [-0.05, 0) is 45.2 Å². The molecule has 0 spiro atoms. The van der Waals surface area contributed by atoms with Gasteiger partial charge in [0.1, 0.15) is 0 Å². The predicted molar refractivity (Wildman–Crippen MR) is 69.8 cm³/mol. The molecule has 3 rings (SSSR count). The maximum atomic E-state index is 11.9. The molecule has 1 atom stereocenters. The summed E-state index contributed by atoms with van der Waals surface area (Å²) < 4.78 is 1.50. The van der Waals surface area contributed by atoms with Gasteiger partial charge in [0.05, 0.1) is 0 Å². The molecule has 0 amide bonds. The largest absolute Gasteiger partial charge is 0.316 e. The normalized spacial score (nSPS) is 19.7. The zero-order valence-corrected chi connectivity index (χ0v) is 10.6. The number of nitrogens with one attached hydrogen (secondary N) is 2. The van der Waals surface area contributed by atoms with Gasteiger partial charge in [0, 0.05) is 23.5 Å². The van der Waals surface area contributed by atoms with Crippen LogP contribution >= 0.6 is 0 Å². The van der Waals surface area contributed by atoms with Crippen molar-refractivity contribution in [2.45, 2.75) is 26.2 Å². The molecule has 0 bridgehead atoms. The summed E-state index contributed by atoms with van der Waals surface area (Å²) in [5.74, 6) is 0.734. The SMILES string of the molecule is Cc1c[nH]n2c(=O)cc(CCC3CCNC3)nc12. The number of aryl methyl sites for hydroxylation is 2. The Morgan fingerprint density at radius 3 is 3.22 bits per heavy atom. The number of hydrogen-bond donors (Lipinski definition) is 2. The molecule has 3 heterocycles. The minimum Gasteiger partial charge on any atom is -0.316 e. The van der Waals surface area contributed by atoms with Crippen LogP contribution in [0.2, 0.25) is 0 Å². The average Bonchev–Trinajstić information content (AvgIpc) is 2.98. The van der Waals surface area contributed by atoms with Crippen molar-refractivity contribution in [3.05, 3.63) is 33.9 Å². The van der Waals surface area contributed by atoms with Crippen molar-refractivity contribution in [1.82, 2.24) is 19.9 Å². The summed E-state index contributed by atoms with van der Waals surface area (Å²) in [4.78, 5) is 16.5. The molecule has 1 saturated heterocycles. The van der Waals surface area contributed by atoms with E-state index in [1.807, 2.05) is 13.1 Å². The Morgan fingerprint density at radius 1 is 1.56 bits per heavy atom. The van der Waals surface area contributed by atoms with Gasteiger partial charge in [0.15, 0.2) is 5.65 Å². The molecule has 5 heteroatoms. The minimum atomic E-state index is -0.0207. The summed E-state index contributed by atoms with van der Waals surface area (Å²) in [6.07, 6.45) is 5.06. The monoisotopic (exact) mass is 246 g/mol. The molecule has 0 saturated carbocycles. The van der Waals surface area contributed by atoms with E-state index < -0.39 is 0 Å². The summed E-state index contributed by atoms with van der Waals surface area (Å²) in [6, 6.07) is 1.64. The summed E-state index contributed by atoms with van der Waals surface area (Å²) >= 11 is 0. The second-order valence-corrected chi connectivity index (χ2v) is 5.10. The fourth-order valence-electron chi connectivity index (χ4n) is 2.59. The van der Waals surface area contributed by atoms with Crippen LogP contribution in [-0.2, 0) is 6.42 Å². The van der Waals surface area contributed by atoms with Gasteiger partial charge in [0.25, 0.3) is 5.56 Å². The number of aromatic nitrogens is 3. The van der Waals surface area contributed by atoms with E-state index in [0.717, 1.165) is 48.8 Å². The van der Waals surface area contributed by atoms with Crippen LogP contribution in [0.5, 0.6) is 0 Å². The standard InChI is InChI=1S/C13H18N4O/c1-9-7-15-17-12(18)6-11(16-13(9)17)3-2-10-4-5-14-8-10/h6-7,10,14-15H,2-5,8H2,1H3. The number of H-pyrrole nitrogens is 1. The first kappa shape index (κ1) is 11.5. The van der Waals surface area contributed by atoms with Crippen LogP contribution in [0.1, 0.15) is 24.1 Å². The Hall–Kier alpha value is -1.62. The minimum absolute atomic E-state index is 0.0207. The molecule has 2 aromatic heterocycles. The van der Waals surface area contributed by atoms with Crippen molar-refractivity contribution in [1.29, 1.82) is 0 Å². The summed E-state index contributed by atoms with van der Waals surface area (Å²) in [5.41, 5.74) is 2.65. The summed E-state index contributed by atoms with van der Waals surface area (Å²) in [7, 11) is 0. The zero-order chi connectivity index (χ0) is 12.5. The molecule has 1 fully saturated rings. The van der Waals surface area contributed by atoms with Crippen molar-refractivity contribution in [3.63, 3.8) is 0 Å². The molecule has 0 aromatic carbocycles. The number of aromatic amines is 1. The quantitative estimate of drug-likeness (QED) is 0.845. The van der Waals surface area contributed by atoms with Crippen LogP contribution in [0.3, 0.4) is 0 Å². The highest BCUT2D eigenvalue weighted by Crippen LogP contribution is 2.15. The van der Waals surface area contributed by atoms with Gasteiger partial charge >= 0.3 is 0 Å². The Bertz CT molecular complexity index is 607. The molecular weight excluding hydrogens is 228 g/mol. The summed E-state index contributed by atoms with van der Waals surface area (Å²) in [5, 5.41) is 6.28. The fraction of sp³-hybridized carbons (Fsp3) is 0.538. The van der Waals surface area contributed by atoms with E-state index >= 15 is 0 Å². The van der Waals surface area contributed by atoms with Crippen LogP contribution < -0.4 is 10.9 Å². The highest BCUT2D eigenvalue weighted by atomic mass is 16.1. The molecule has 2 N–H and O–H groups in total. The highest BCUT2D eigenvalue weighted by Gasteiger charge is 2.15. The molecule has 2 aromatic rings. The smallest absolute Gasteiger partial charge is 0.272 e. The first-order chi connectivity index (χ1) is 8.74. The van der Waals surface area contributed by atoms with Crippen molar-refractivity contribution in [2.24, 2.45) is 5.92 Å². The van der Waals surface area contributed by atoms with Gasteiger partial charge in [-0.25, -0.2) is 9.50 Å². The van der Waals surface area contributed by atoms with Crippen LogP contribution in [0.25, 0.3) is 5.65 Å². The van der Waals surface area contributed by atoms with E-state index in [1.165, 1.54) is 10.9 Å². The van der Waals surface area contributed by atoms with E-state index in [-0.39, 0.29) is 5.56 Å². The van der Waals surface area contributed by atoms with Gasteiger partial charge in [-0.3, -0.25) is 9.89 Å². The second-order valence-electron chi connectivity index (χ2n) is 5.10. The lowest BCUT2D eigenvalue weighted by Crippen LogP contribution is -2.16. The van der Waals surface area contributed by atoms with Gasteiger partial charge in [-0.1, -0.05) is 0 Å². The molecule has 1 aliphatic rings. The van der Waals surface area contributed by atoms with E-state index in [0.29, 0.717) is 0 Å². The maximum absolute atomic E-state index is 11.9. The van der Waals surface area contributed by atoms with Gasteiger partial charge in [-0.15, -0.1) is 0 Å². The molecule has 1 unspecified atom stereocenters. The van der Waals surface area contributed by atoms with E-state index in [1.54, 1.807) is 6.07 Å². The first-order valence-corrected chi connectivity index (χ1v) is 6.51. The second kappa shape index (κ2) is 4.57. The molecular formula is C13H18N4O. The van der Waals surface area contributed by atoms with Crippen LogP contribution in [0.4, 0.5) is 0 Å². The maximum Gasteiger partial charge on any atom is 0.272 e. The number of hydrogen-bond acceptors (Lipinski definition) is 3.